The maximum atomic E-state index is 12.7. The molecule has 0 spiro atoms. The van der Waals surface area contributed by atoms with Crippen molar-refractivity contribution < 1.29 is 19.8 Å². The summed E-state index contributed by atoms with van der Waals surface area (Å²) in [6, 6.07) is 24.0. The van der Waals surface area contributed by atoms with Gasteiger partial charge in [-0.1, -0.05) is 104 Å². The number of carbonyl (C=O) groups excluding carboxylic acids is 2. The first-order valence-electron chi connectivity index (χ1n) is 13.9. The summed E-state index contributed by atoms with van der Waals surface area (Å²) in [6.07, 6.45) is 10.4. The maximum absolute atomic E-state index is 12.7. The monoisotopic (exact) mass is 534 g/mol. The molecule has 0 bridgehead atoms. The number of fused-ring (bicyclic) bond motifs is 3. The van der Waals surface area contributed by atoms with Crippen molar-refractivity contribution in [3.05, 3.63) is 130 Å². The summed E-state index contributed by atoms with van der Waals surface area (Å²) in [5.41, 5.74) is 2.56. The minimum atomic E-state index is -1.42. The Morgan fingerprint density at radius 3 is 1.60 bits per heavy atom. The van der Waals surface area contributed by atoms with Crippen LogP contribution in [0.5, 0.6) is 0 Å². The van der Waals surface area contributed by atoms with E-state index in [-0.39, 0.29) is 28.3 Å². The van der Waals surface area contributed by atoms with Gasteiger partial charge in [0.15, 0.2) is 11.6 Å². The van der Waals surface area contributed by atoms with Crippen molar-refractivity contribution in [2.75, 3.05) is 0 Å². The molecule has 40 heavy (non-hydrogen) atoms. The summed E-state index contributed by atoms with van der Waals surface area (Å²) >= 11 is 0. The van der Waals surface area contributed by atoms with Crippen LogP contribution in [-0.4, -0.2) is 33.0 Å². The number of benzene rings is 3. The van der Waals surface area contributed by atoms with Crippen molar-refractivity contribution in [1.29, 1.82) is 0 Å². The minimum Gasteiger partial charge on any atom is -0.382 e. The molecule has 206 valence electrons. The molecule has 0 saturated carbocycles. The zero-order valence-corrected chi connectivity index (χ0v) is 23.9. The van der Waals surface area contributed by atoms with E-state index in [1.54, 1.807) is 0 Å². The number of rotatable bonds is 8. The number of Topliss-reactive ketones (excluding diaryl/α,β-unsaturated/α-hetero) is 2. The predicted molar refractivity (Wildman–Crippen MR) is 159 cm³/mol. The Morgan fingerprint density at radius 1 is 0.700 bits per heavy atom. The zero-order chi connectivity index (χ0) is 28.9. The Hall–Kier alpha value is -3.60. The average molecular weight is 535 g/mol. The molecule has 2 atom stereocenters. The summed E-state index contributed by atoms with van der Waals surface area (Å²) in [4.78, 5) is 25.3. The second-order valence-electron chi connectivity index (χ2n) is 12.7. The van der Waals surface area contributed by atoms with Gasteiger partial charge >= 0.3 is 0 Å². The third-order valence-corrected chi connectivity index (χ3v) is 8.73. The van der Waals surface area contributed by atoms with Gasteiger partial charge in [-0.2, -0.15) is 0 Å². The number of carbonyl (C=O) groups is 2. The Kier molecular flexibility index (Phi) is 6.84. The van der Waals surface area contributed by atoms with Crippen LogP contribution in [0.3, 0.4) is 0 Å². The molecule has 0 radical (unpaired) electrons. The van der Waals surface area contributed by atoms with Crippen molar-refractivity contribution in [3.63, 3.8) is 0 Å². The van der Waals surface area contributed by atoms with E-state index in [2.05, 4.69) is 55.5 Å². The molecule has 2 N–H and O–H groups in total. The Labute approximate surface area is 237 Å². The zero-order valence-electron chi connectivity index (χ0n) is 23.9. The van der Waals surface area contributed by atoms with Gasteiger partial charge in [-0.05, 0) is 62.8 Å². The standard InChI is InChI=1S/C36H38O4/c1-33(2,39)31(37)26-17-13-24(14-18-26)22-36(23-25-15-19-27(20-16-25)32(38)34(3,4)40)29-11-7-6-10-28(29)35(5)21-9-8-12-30(35)36/h6-21,30,39-40H,22-23H2,1-5H3. The van der Waals surface area contributed by atoms with Gasteiger partial charge in [-0.15, -0.1) is 0 Å². The smallest absolute Gasteiger partial charge is 0.193 e. The molecule has 3 aromatic carbocycles. The van der Waals surface area contributed by atoms with Gasteiger partial charge in [0.1, 0.15) is 11.2 Å². The van der Waals surface area contributed by atoms with Crippen molar-refractivity contribution in [1.82, 2.24) is 0 Å². The fraction of sp³-hybridized carbons (Fsp3) is 0.333. The van der Waals surface area contributed by atoms with Crippen LogP contribution in [0.4, 0.5) is 0 Å². The van der Waals surface area contributed by atoms with Crippen molar-refractivity contribution in [2.45, 2.75) is 69.5 Å². The van der Waals surface area contributed by atoms with Crippen LogP contribution in [0.2, 0.25) is 0 Å². The van der Waals surface area contributed by atoms with E-state index in [0.717, 1.165) is 24.0 Å². The van der Waals surface area contributed by atoms with E-state index in [9.17, 15) is 19.8 Å². The molecule has 0 saturated heterocycles. The lowest BCUT2D eigenvalue weighted by molar-refractivity contribution is 0.0487. The number of aliphatic hydroxyl groups is 2. The molecule has 0 aliphatic heterocycles. The third-order valence-electron chi connectivity index (χ3n) is 8.73. The highest BCUT2D eigenvalue weighted by Crippen LogP contribution is 2.59. The minimum absolute atomic E-state index is 0.168. The second kappa shape index (κ2) is 9.79. The van der Waals surface area contributed by atoms with Crippen LogP contribution in [-0.2, 0) is 23.7 Å². The molecule has 4 nitrogen and oxygen atoms in total. The Balaban J connectivity index is 1.59. The van der Waals surface area contributed by atoms with Crippen molar-refractivity contribution in [3.8, 4) is 0 Å². The first-order valence-corrected chi connectivity index (χ1v) is 13.9. The summed E-state index contributed by atoms with van der Waals surface area (Å²) in [7, 11) is 0. The molecule has 0 heterocycles. The summed E-state index contributed by atoms with van der Waals surface area (Å²) in [5, 5.41) is 20.4. The van der Waals surface area contributed by atoms with Crippen LogP contribution in [0.25, 0.3) is 0 Å². The molecular weight excluding hydrogens is 496 g/mol. The molecule has 2 aliphatic carbocycles. The number of allylic oxidation sites excluding steroid dienone is 4. The highest BCUT2D eigenvalue weighted by atomic mass is 16.3. The van der Waals surface area contributed by atoms with Gasteiger partial charge in [0.2, 0.25) is 0 Å². The normalized spacial score (nSPS) is 21.1. The van der Waals surface area contributed by atoms with Crippen LogP contribution < -0.4 is 0 Å². The molecule has 3 aromatic rings. The highest BCUT2D eigenvalue weighted by molar-refractivity contribution is 6.02. The van der Waals surface area contributed by atoms with Gasteiger partial charge < -0.3 is 10.2 Å². The van der Waals surface area contributed by atoms with Crippen molar-refractivity contribution in [2.24, 2.45) is 5.92 Å². The lowest BCUT2D eigenvalue weighted by atomic mass is 9.61. The molecule has 4 heteroatoms. The first kappa shape index (κ1) is 27.9. The van der Waals surface area contributed by atoms with Crippen LogP contribution in [0, 0.1) is 5.92 Å². The topological polar surface area (TPSA) is 74.6 Å². The second-order valence-corrected chi connectivity index (χ2v) is 12.7. The summed E-state index contributed by atoms with van der Waals surface area (Å²) < 4.78 is 0. The lowest BCUT2D eigenvalue weighted by Gasteiger charge is -2.41. The fourth-order valence-corrected chi connectivity index (χ4v) is 6.76. The third kappa shape index (κ3) is 4.80. The highest BCUT2D eigenvalue weighted by Gasteiger charge is 2.56. The fourth-order valence-electron chi connectivity index (χ4n) is 6.76. The molecule has 0 aromatic heterocycles. The Bertz CT molecular complexity index is 1420. The van der Waals surface area contributed by atoms with Crippen LogP contribution in [0.1, 0.15) is 77.6 Å². The van der Waals surface area contributed by atoms with E-state index in [1.165, 1.54) is 38.8 Å². The number of ketones is 2. The van der Waals surface area contributed by atoms with E-state index in [1.807, 2.05) is 48.5 Å². The summed E-state index contributed by atoms with van der Waals surface area (Å²) in [5.74, 6) is -0.403. The summed E-state index contributed by atoms with van der Waals surface area (Å²) in [6.45, 7) is 8.36. The Morgan fingerprint density at radius 2 is 1.15 bits per heavy atom. The first-order chi connectivity index (χ1) is 18.8. The molecule has 5 rings (SSSR count). The van der Waals surface area contributed by atoms with Gasteiger partial charge in [0.05, 0.1) is 0 Å². The number of hydrogen-bond acceptors (Lipinski definition) is 4. The molecule has 0 fully saturated rings. The number of hydrogen-bond donors (Lipinski definition) is 2. The average Bonchev–Trinajstić information content (AvgIpc) is 3.12. The van der Waals surface area contributed by atoms with E-state index in [4.69, 9.17) is 0 Å². The SMILES string of the molecule is CC(C)(O)C(=O)c1ccc(CC2(Cc3ccc(C(=O)C(C)(C)O)cc3)c3ccccc3C3(C)C=CC=CC32)cc1. The van der Waals surface area contributed by atoms with E-state index in [0.29, 0.717) is 11.1 Å². The molecule has 2 aliphatic rings. The van der Waals surface area contributed by atoms with Gasteiger partial charge in [0, 0.05) is 27.9 Å². The van der Waals surface area contributed by atoms with Gasteiger partial charge in [0.25, 0.3) is 0 Å². The van der Waals surface area contributed by atoms with E-state index >= 15 is 0 Å². The van der Waals surface area contributed by atoms with Gasteiger partial charge in [-0.3, -0.25) is 9.59 Å². The lowest BCUT2D eigenvalue weighted by Crippen LogP contribution is -2.41. The molecule has 2 unspecified atom stereocenters. The van der Waals surface area contributed by atoms with Crippen molar-refractivity contribution >= 4 is 11.6 Å². The van der Waals surface area contributed by atoms with Gasteiger partial charge in [-0.25, -0.2) is 0 Å². The van der Waals surface area contributed by atoms with E-state index < -0.39 is 11.2 Å². The van der Waals surface area contributed by atoms with Crippen LogP contribution in [0.15, 0.2) is 97.1 Å². The predicted octanol–water partition coefficient (Wildman–Crippen LogP) is 6.33. The largest absolute Gasteiger partial charge is 0.382 e. The maximum Gasteiger partial charge on any atom is 0.193 e. The quantitative estimate of drug-likeness (QED) is 0.331. The molecular formula is C36H38O4. The molecule has 0 amide bonds. The van der Waals surface area contributed by atoms with Crippen LogP contribution >= 0.6 is 0 Å².